The van der Waals surface area contributed by atoms with Crippen molar-refractivity contribution >= 4 is 65.6 Å². The molecule has 8 aromatic carbocycles. The molecule has 0 aliphatic rings. The van der Waals surface area contributed by atoms with Gasteiger partial charge >= 0.3 is 0 Å². The molecular formula is C52H38N2O. The molecule has 0 saturated carbocycles. The molecule has 0 aliphatic heterocycles. The van der Waals surface area contributed by atoms with Crippen LogP contribution in [0.5, 0.6) is 0 Å². The Morgan fingerprint density at radius 2 is 0.800 bits per heavy atom. The molecule has 11 rings (SSSR count). The van der Waals surface area contributed by atoms with Crippen molar-refractivity contribution in [2.45, 2.75) is 26.2 Å². The van der Waals surface area contributed by atoms with Gasteiger partial charge in [-0.15, -0.1) is 0 Å². The summed E-state index contributed by atoms with van der Waals surface area (Å²) < 4.78 is 11.1. The van der Waals surface area contributed by atoms with Crippen molar-refractivity contribution in [3.05, 3.63) is 181 Å². The Kier molecular flexibility index (Phi) is 6.81. The van der Waals surface area contributed by atoms with Crippen molar-refractivity contribution in [1.29, 1.82) is 0 Å². The van der Waals surface area contributed by atoms with E-state index in [9.17, 15) is 0 Å². The number of nitrogens with zero attached hydrogens (tertiary/aromatic N) is 2. The molecule has 0 amide bonds. The van der Waals surface area contributed by atoms with Gasteiger partial charge in [0.15, 0.2) is 0 Å². The molecule has 0 saturated heterocycles. The second-order valence-corrected chi connectivity index (χ2v) is 15.8. The van der Waals surface area contributed by atoms with E-state index in [1.165, 1.54) is 71.6 Å². The van der Waals surface area contributed by atoms with Gasteiger partial charge in [0.25, 0.3) is 0 Å². The molecule has 0 N–H and O–H groups in total. The minimum absolute atomic E-state index is 0.0937. The number of benzene rings is 8. The number of hydrogen-bond acceptors (Lipinski definition) is 1. The van der Waals surface area contributed by atoms with E-state index in [-0.39, 0.29) is 5.41 Å². The van der Waals surface area contributed by atoms with Crippen LogP contribution in [0.15, 0.2) is 180 Å². The largest absolute Gasteiger partial charge is 0.456 e. The van der Waals surface area contributed by atoms with Gasteiger partial charge in [0.1, 0.15) is 11.2 Å². The second kappa shape index (κ2) is 11.8. The molecule has 262 valence electrons. The molecule has 0 atom stereocenters. The first-order valence-corrected chi connectivity index (χ1v) is 19.1. The van der Waals surface area contributed by atoms with E-state index in [4.69, 9.17) is 4.42 Å². The molecule has 55 heavy (non-hydrogen) atoms. The zero-order valence-electron chi connectivity index (χ0n) is 31.0. The van der Waals surface area contributed by atoms with Crippen molar-refractivity contribution in [3.63, 3.8) is 0 Å². The first-order chi connectivity index (χ1) is 26.9. The van der Waals surface area contributed by atoms with Gasteiger partial charge in [0.05, 0.1) is 22.1 Å². The molecular weight excluding hydrogens is 669 g/mol. The molecule has 0 bridgehead atoms. The molecule has 11 aromatic rings. The normalized spacial score (nSPS) is 12.3. The minimum atomic E-state index is 0.0937. The monoisotopic (exact) mass is 706 g/mol. The minimum Gasteiger partial charge on any atom is -0.456 e. The lowest BCUT2D eigenvalue weighted by atomic mass is 9.86. The highest BCUT2D eigenvalue weighted by Crippen LogP contribution is 2.39. The van der Waals surface area contributed by atoms with Crippen LogP contribution >= 0.6 is 0 Å². The van der Waals surface area contributed by atoms with Crippen LogP contribution in [0.3, 0.4) is 0 Å². The van der Waals surface area contributed by atoms with E-state index in [0.717, 1.165) is 33.1 Å². The number of fused-ring (bicyclic) bond motifs is 9. The fraction of sp³-hybridized carbons (Fsp3) is 0.0769. The van der Waals surface area contributed by atoms with Crippen molar-refractivity contribution < 1.29 is 4.42 Å². The Balaban J connectivity index is 0.908. The summed E-state index contributed by atoms with van der Waals surface area (Å²) in [5.41, 5.74) is 15.1. The van der Waals surface area contributed by atoms with Crippen LogP contribution in [-0.4, -0.2) is 9.13 Å². The summed E-state index contributed by atoms with van der Waals surface area (Å²) in [6.07, 6.45) is 0. The highest BCUT2D eigenvalue weighted by Gasteiger charge is 2.19. The van der Waals surface area contributed by atoms with Crippen LogP contribution in [-0.2, 0) is 5.41 Å². The smallest absolute Gasteiger partial charge is 0.137 e. The molecule has 3 nitrogen and oxygen atoms in total. The Hall–Kier alpha value is -6.84. The van der Waals surface area contributed by atoms with Crippen LogP contribution in [0.25, 0.3) is 99.2 Å². The van der Waals surface area contributed by atoms with Crippen molar-refractivity contribution in [1.82, 2.24) is 9.13 Å². The SMILES string of the molecule is CC(C)(C)c1ccc2c(c1)c1ccccc1n2-c1ccc(-c2ccc(-c3ccc(-n4c5ccccc5c5cc6c(cc54)oc4ccccc46)cc3)cc2)cc1. The Labute approximate surface area is 319 Å². The van der Waals surface area contributed by atoms with Gasteiger partial charge in [-0.3, -0.25) is 0 Å². The highest BCUT2D eigenvalue weighted by atomic mass is 16.3. The summed E-state index contributed by atoms with van der Waals surface area (Å²) in [7, 11) is 0. The summed E-state index contributed by atoms with van der Waals surface area (Å²) in [6.45, 7) is 6.84. The van der Waals surface area contributed by atoms with Gasteiger partial charge in [-0.2, -0.15) is 0 Å². The highest BCUT2D eigenvalue weighted by molar-refractivity contribution is 6.17. The van der Waals surface area contributed by atoms with E-state index in [0.29, 0.717) is 0 Å². The van der Waals surface area contributed by atoms with Gasteiger partial charge in [-0.05, 0) is 93.9 Å². The van der Waals surface area contributed by atoms with Gasteiger partial charge in [0, 0.05) is 49.8 Å². The first kappa shape index (κ1) is 31.7. The first-order valence-electron chi connectivity index (χ1n) is 19.1. The second-order valence-electron chi connectivity index (χ2n) is 15.8. The molecule has 0 fully saturated rings. The summed E-state index contributed by atoms with van der Waals surface area (Å²) in [6, 6.07) is 64.0. The molecule has 0 unspecified atom stereocenters. The standard InChI is InChI=1S/C52H38N2O/c1-52(2,3)37-24-29-48-43(30-37)40-10-4-7-13-46(40)53(48)38-25-20-35(21-26-38)33-16-18-34(19-17-33)36-22-27-39(28-23-36)54-47-14-8-5-11-41(47)44-31-45-42-12-6-9-15-50(42)55-51(45)32-49(44)54/h4-32H,1-3H3. The third kappa shape index (κ3) is 4.97. The van der Waals surface area contributed by atoms with Gasteiger partial charge in [-0.1, -0.05) is 130 Å². The number of para-hydroxylation sites is 3. The maximum Gasteiger partial charge on any atom is 0.137 e. The zero-order chi connectivity index (χ0) is 36.8. The molecule has 3 heterocycles. The van der Waals surface area contributed by atoms with Crippen LogP contribution < -0.4 is 0 Å². The molecule has 3 aromatic heterocycles. The van der Waals surface area contributed by atoms with E-state index < -0.39 is 0 Å². The summed E-state index contributed by atoms with van der Waals surface area (Å²) in [5, 5.41) is 7.36. The maximum absolute atomic E-state index is 6.32. The Morgan fingerprint density at radius 3 is 1.36 bits per heavy atom. The summed E-state index contributed by atoms with van der Waals surface area (Å²) in [4.78, 5) is 0. The van der Waals surface area contributed by atoms with Crippen LogP contribution in [0.4, 0.5) is 0 Å². The predicted molar refractivity (Wildman–Crippen MR) is 232 cm³/mol. The maximum atomic E-state index is 6.32. The number of furan rings is 1. The van der Waals surface area contributed by atoms with Crippen molar-refractivity contribution in [2.24, 2.45) is 0 Å². The van der Waals surface area contributed by atoms with Crippen LogP contribution in [0.1, 0.15) is 26.3 Å². The van der Waals surface area contributed by atoms with Crippen LogP contribution in [0.2, 0.25) is 0 Å². The zero-order valence-corrected chi connectivity index (χ0v) is 31.0. The van der Waals surface area contributed by atoms with E-state index in [1.54, 1.807) is 0 Å². The van der Waals surface area contributed by atoms with Gasteiger partial charge in [-0.25, -0.2) is 0 Å². The van der Waals surface area contributed by atoms with E-state index >= 15 is 0 Å². The summed E-state index contributed by atoms with van der Waals surface area (Å²) in [5.74, 6) is 0. The quantitative estimate of drug-likeness (QED) is 0.179. The lowest BCUT2D eigenvalue weighted by molar-refractivity contribution is 0.591. The van der Waals surface area contributed by atoms with Gasteiger partial charge < -0.3 is 13.6 Å². The molecule has 0 radical (unpaired) electrons. The number of hydrogen-bond donors (Lipinski definition) is 0. The lowest BCUT2D eigenvalue weighted by Crippen LogP contribution is -2.10. The molecule has 0 aliphatic carbocycles. The summed E-state index contributed by atoms with van der Waals surface area (Å²) >= 11 is 0. The topological polar surface area (TPSA) is 23.0 Å². The average Bonchev–Trinajstić information content (AvgIpc) is 3.87. The van der Waals surface area contributed by atoms with E-state index in [1.807, 2.05) is 12.1 Å². The third-order valence-electron chi connectivity index (χ3n) is 11.5. The number of rotatable bonds is 4. The lowest BCUT2D eigenvalue weighted by Gasteiger charge is -2.19. The van der Waals surface area contributed by atoms with E-state index in [2.05, 4.69) is 194 Å². The fourth-order valence-electron chi connectivity index (χ4n) is 8.64. The van der Waals surface area contributed by atoms with Gasteiger partial charge in [0.2, 0.25) is 0 Å². The van der Waals surface area contributed by atoms with Crippen LogP contribution in [0, 0.1) is 0 Å². The average molecular weight is 707 g/mol. The van der Waals surface area contributed by atoms with Crippen molar-refractivity contribution in [3.8, 4) is 33.6 Å². The number of aromatic nitrogens is 2. The van der Waals surface area contributed by atoms with Crippen molar-refractivity contribution in [2.75, 3.05) is 0 Å². The predicted octanol–water partition coefficient (Wildman–Crippen LogP) is 14.4. The third-order valence-corrected chi connectivity index (χ3v) is 11.5. The fourth-order valence-corrected chi connectivity index (χ4v) is 8.64. The Morgan fingerprint density at radius 1 is 0.345 bits per heavy atom. The molecule has 3 heteroatoms. The molecule has 0 spiro atoms. The Bertz CT molecular complexity index is 3260.